The van der Waals surface area contributed by atoms with E-state index in [0.29, 0.717) is 5.92 Å². The second-order valence-corrected chi connectivity index (χ2v) is 5.89. The number of rotatable bonds is 2. The van der Waals surface area contributed by atoms with Gasteiger partial charge in [-0.3, -0.25) is 4.98 Å². The fourth-order valence-corrected chi connectivity index (χ4v) is 2.90. The average molecular weight is 277 g/mol. The minimum absolute atomic E-state index is 0.210. The fourth-order valence-electron chi connectivity index (χ4n) is 2.90. The molecule has 0 atom stereocenters. The summed E-state index contributed by atoms with van der Waals surface area (Å²) in [7, 11) is 0. The van der Waals surface area contributed by atoms with E-state index in [2.05, 4.69) is 36.2 Å². The molecule has 104 valence electrons. The molecule has 0 amide bonds. The van der Waals surface area contributed by atoms with Gasteiger partial charge in [0.15, 0.2) is 0 Å². The van der Waals surface area contributed by atoms with Crippen molar-refractivity contribution >= 4 is 10.8 Å². The molecule has 1 aromatic heterocycles. The van der Waals surface area contributed by atoms with E-state index in [-0.39, 0.29) is 5.82 Å². The number of aromatic nitrogens is 1. The Labute approximate surface area is 123 Å². The van der Waals surface area contributed by atoms with Gasteiger partial charge in [-0.25, -0.2) is 4.39 Å². The molecule has 21 heavy (non-hydrogen) atoms. The lowest BCUT2D eigenvalue weighted by Crippen LogP contribution is -1.94. The average Bonchev–Trinajstić information content (AvgIpc) is 3.31. The van der Waals surface area contributed by atoms with Crippen LogP contribution in [0.5, 0.6) is 0 Å². The smallest absolute Gasteiger partial charge is 0.123 e. The van der Waals surface area contributed by atoms with Gasteiger partial charge < -0.3 is 0 Å². The maximum Gasteiger partial charge on any atom is 0.123 e. The number of hydrogen-bond acceptors (Lipinski definition) is 1. The summed E-state index contributed by atoms with van der Waals surface area (Å²) in [6, 6.07) is 13.5. The van der Waals surface area contributed by atoms with Crippen LogP contribution in [0.1, 0.15) is 30.0 Å². The van der Waals surface area contributed by atoms with Gasteiger partial charge in [-0.15, -0.1) is 0 Å². The Morgan fingerprint density at radius 3 is 2.52 bits per heavy atom. The van der Waals surface area contributed by atoms with Crippen molar-refractivity contribution in [3.63, 3.8) is 0 Å². The van der Waals surface area contributed by atoms with Crippen LogP contribution in [0.4, 0.5) is 4.39 Å². The van der Waals surface area contributed by atoms with Crippen LogP contribution in [0.2, 0.25) is 0 Å². The van der Waals surface area contributed by atoms with Crippen molar-refractivity contribution in [2.45, 2.75) is 25.7 Å². The number of halogens is 1. The molecule has 2 aromatic carbocycles. The molecule has 1 saturated carbocycles. The summed E-state index contributed by atoms with van der Waals surface area (Å²) < 4.78 is 13.5. The first-order valence-electron chi connectivity index (χ1n) is 7.37. The lowest BCUT2D eigenvalue weighted by atomic mass is 9.95. The Hall–Kier alpha value is -2.22. The summed E-state index contributed by atoms with van der Waals surface area (Å²) in [6.07, 6.45) is 4.22. The third kappa shape index (κ3) is 2.21. The van der Waals surface area contributed by atoms with Crippen LogP contribution in [0.15, 0.2) is 48.7 Å². The van der Waals surface area contributed by atoms with E-state index in [4.69, 9.17) is 0 Å². The molecule has 1 nitrogen and oxygen atoms in total. The maximum atomic E-state index is 13.5. The zero-order valence-electron chi connectivity index (χ0n) is 11.9. The number of fused-ring (bicyclic) bond motifs is 1. The molecule has 0 spiro atoms. The molecule has 1 heterocycles. The molecule has 0 unspecified atom stereocenters. The van der Waals surface area contributed by atoms with Gasteiger partial charge in [-0.1, -0.05) is 35.9 Å². The predicted molar refractivity (Wildman–Crippen MR) is 83.8 cm³/mol. The first-order chi connectivity index (χ1) is 10.2. The second kappa shape index (κ2) is 4.66. The van der Waals surface area contributed by atoms with Crippen molar-refractivity contribution in [1.29, 1.82) is 0 Å². The molecule has 1 aliphatic rings. The number of nitrogens with zero attached hydrogens (tertiary/aromatic N) is 1. The monoisotopic (exact) mass is 277 g/mol. The van der Waals surface area contributed by atoms with Crippen molar-refractivity contribution in [3.05, 3.63) is 65.7 Å². The van der Waals surface area contributed by atoms with E-state index in [1.54, 1.807) is 6.07 Å². The highest BCUT2D eigenvalue weighted by atomic mass is 19.1. The standard InChI is InChI=1S/C19H16FN/c1-12-2-4-13(5-3-12)18-17-9-8-16(20)10-15(17)11-21-19(18)14-6-7-14/h2-5,8-11,14H,6-7H2,1H3. The molecule has 0 N–H and O–H groups in total. The molecule has 4 rings (SSSR count). The summed E-state index contributed by atoms with van der Waals surface area (Å²) in [5.74, 6) is 0.356. The van der Waals surface area contributed by atoms with Gasteiger partial charge in [-0.2, -0.15) is 0 Å². The summed E-state index contributed by atoms with van der Waals surface area (Å²) in [5.41, 5.74) is 4.76. The molecule has 0 aliphatic heterocycles. The fraction of sp³-hybridized carbons (Fsp3) is 0.211. The van der Waals surface area contributed by atoms with Crippen LogP contribution in [-0.4, -0.2) is 4.98 Å². The van der Waals surface area contributed by atoms with Crippen molar-refractivity contribution in [3.8, 4) is 11.1 Å². The van der Waals surface area contributed by atoms with Crippen molar-refractivity contribution < 1.29 is 4.39 Å². The van der Waals surface area contributed by atoms with Crippen LogP contribution in [0, 0.1) is 12.7 Å². The van der Waals surface area contributed by atoms with Gasteiger partial charge >= 0.3 is 0 Å². The molecule has 0 radical (unpaired) electrons. The van der Waals surface area contributed by atoms with Gasteiger partial charge in [0.1, 0.15) is 5.82 Å². The Bertz CT molecular complexity index is 817. The van der Waals surface area contributed by atoms with Crippen molar-refractivity contribution in [2.75, 3.05) is 0 Å². The first-order valence-corrected chi connectivity index (χ1v) is 7.37. The summed E-state index contributed by atoms with van der Waals surface area (Å²) in [4.78, 5) is 4.64. The molecular weight excluding hydrogens is 261 g/mol. The molecule has 1 fully saturated rings. The Kier molecular flexibility index (Phi) is 2.78. The molecular formula is C19H16FN. The molecule has 2 heteroatoms. The first kappa shape index (κ1) is 12.5. The van der Waals surface area contributed by atoms with E-state index < -0.39 is 0 Å². The molecule has 3 aromatic rings. The minimum Gasteiger partial charge on any atom is -0.260 e. The number of pyridine rings is 1. The van der Waals surface area contributed by atoms with Gasteiger partial charge in [0.05, 0.1) is 5.69 Å². The van der Waals surface area contributed by atoms with Crippen LogP contribution in [-0.2, 0) is 0 Å². The third-order valence-corrected chi connectivity index (χ3v) is 4.19. The Morgan fingerprint density at radius 1 is 1.05 bits per heavy atom. The normalized spacial score (nSPS) is 14.6. The summed E-state index contributed by atoms with van der Waals surface area (Å²) in [5, 5.41) is 1.96. The number of aryl methyl sites for hydroxylation is 1. The zero-order chi connectivity index (χ0) is 14.4. The van der Waals surface area contributed by atoms with Crippen LogP contribution >= 0.6 is 0 Å². The summed E-state index contributed by atoms with van der Waals surface area (Å²) in [6.45, 7) is 2.09. The molecule has 0 saturated heterocycles. The van der Waals surface area contributed by atoms with Gasteiger partial charge in [-0.05, 0) is 42.8 Å². The lowest BCUT2D eigenvalue weighted by molar-refractivity contribution is 0.629. The SMILES string of the molecule is Cc1ccc(-c2c(C3CC3)ncc3cc(F)ccc23)cc1. The van der Waals surface area contributed by atoms with Gasteiger partial charge in [0.2, 0.25) is 0 Å². The van der Waals surface area contributed by atoms with E-state index in [0.717, 1.165) is 16.5 Å². The second-order valence-electron chi connectivity index (χ2n) is 5.89. The topological polar surface area (TPSA) is 12.9 Å². The highest BCUT2D eigenvalue weighted by Gasteiger charge is 2.28. The lowest BCUT2D eigenvalue weighted by Gasteiger charge is -2.12. The molecule has 0 bridgehead atoms. The highest BCUT2D eigenvalue weighted by Crippen LogP contribution is 2.45. The van der Waals surface area contributed by atoms with Crippen molar-refractivity contribution in [2.24, 2.45) is 0 Å². The quantitative estimate of drug-likeness (QED) is 0.625. The van der Waals surface area contributed by atoms with E-state index in [1.807, 2.05) is 12.3 Å². The van der Waals surface area contributed by atoms with E-state index >= 15 is 0 Å². The Balaban J connectivity index is 2.03. The maximum absolute atomic E-state index is 13.5. The number of hydrogen-bond donors (Lipinski definition) is 0. The van der Waals surface area contributed by atoms with Gasteiger partial charge in [0, 0.05) is 23.1 Å². The molecule has 1 aliphatic carbocycles. The van der Waals surface area contributed by atoms with Gasteiger partial charge in [0.25, 0.3) is 0 Å². The van der Waals surface area contributed by atoms with E-state index in [1.165, 1.54) is 35.6 Å². The Morgan fingerprint density at radius 2 is 1.81 bits per heavy atom. The van der Waals surface area contributed by atoms with E-state index in [9.17, 15) is 4.39 Å². The predicted octanol–water partition coefficient (Wildman–Crippen LogP) is 5.23. The summed E-state index contributed by atoms with van der Waals surface area (Å²) >= 11 is 0. The highest BCUT2D eigenvalue weighted by molar-refractivity contribution is 5.97. The van der Waals surface area contributed by atoms with Crippen LogP contribution in [0.3, 0.4) is 0 Å². The van der Waals surface area contributed by atoms with Crippen molar-refractivity contribution in [1.82, 2.24) is 4.98 Å². The largest absolute Gasteiger partial charge is 0.260 e. The minimum atomic E-state index is -0.210. The third-order valence-electron chi connectivity index (χ3n) is 4.19. The number of benzene rings is 2. The van der Waals surface area contributed by atoms with Crippen LogP contribution < -0.4 is 0 Å². The van der Waals surface area contributed by atoms with Crippen LogP contribution in [0.25, 0.3) is 21.9 Å². The zero-order valence-corrected chi connectivity index (χ0v) is 11.9.